The summed E-state index contributed by atoms with van der Waals surface area (Å²) in [6.45, 7) is 3.42. The molecular weight excluding hydrogens is 449 g/mol. The molecule has 2 aliphatic heterocycles. The normalized spacial score (nSPS) is 19.7. The highest BCUT2D eigenvalue weighted by atomic mass is 35.5. The number of carbonyl (C=O) groups excluding carboxylic acids is 1. The van der Waals surface area contributed by atoms with Crippen LogP contribution in [0.1, 0.15) is 40.2 Å². The number of hydroxylamine groups is 1. The van der Waals surface area contributed by atoms with E-state index in [9.17, 15) is 4.79 Å². The van der Waals surface area contributed by atoms with Crippen LogP contribution in [0.25, 0.3) is 0 Å². The molecule has 3 heterocycles. The van der Waals surface area contributed by atoms with Gasteiger partial charge in [0.2, 0.25) is 0 Å². The zero-order valence-corrected chi connectivity index (χ0v) is 18.7. The third-order valence-electron chi connectivity index (χ3n) is 4.95. The molecule has 0 saturated carbocycles. The summed E-state index contributed by atoms with van der Waals surface area (Å²) in [6, 6.07) is 5.43. The van der Waals surface area contributed by atoms with Gasteiger partial charge in [-0.15, -0.1) is 0 Å². The van der Waals surface area contributed by atoms with Gasteiger partial charge in [0, 0.05) is 32.5 Å². The van der Waals surface area contributed by atoms with Gasteiger partial charge in [0.15, 0.2) is 11.4 Å². The number of nitrogens with one attached hydrogen (secondary N) is 1. The molecule has 7 nitrogen and oxygen atoms in total. The SMILES string of the molecule is O=C(NOC1CCCCO1)c1sc(N2CCOCC2)nc1Cc1ccc(Cl)c(Cl)c1. The van der Waals surface area contributed by atoms with Crippen LogP contribution < -0.4 is 10.4 Å². The molecule has 1 aromatic carbocycles. The molecule has 0 spiro atoms. The lowest BCUT2D eigenvalue weighted by Crippen LogP contribution is -2.36. The molecule has 0 bridgehead atoms. The summed E-state index contributed by atoms with van der Waals surface area (Å²) in [7, 11) is 0. The van der Waals surface area contributed by atoms with Crippen LogP contribution in [0.4, 0.5) is 5.13 Å². The Labute approximate surface area is 189 Å². The first kappa shape index (κ1) is 21.8. The van der Waals surface area contributed by atoms with Crippen molar-refractivity contribution in [1.29, 1.82) is 0 Å². The van der Waals surface area contributed by atoms with Crippen LogP contribution in [-0.4, -0.2) is 50.1 Å². The fourth-order valence-corrected chi connectivity index (χ4v) is 4.68. The maximum atomic E-state index is 12.9. The number of thiazole rings is 1. The summed E-state index contributed by atoms with van der Waals surface area (Å²) in [6.07, 6.45) is 2.84. The highest BCUT2D eigenvalue weighted by Gasteiger charge is 2.24. The third kappa shape index (κ3) is 5.43. The van der Waals surface area contributed by atoms with Crippen molar-refractivity contribution in [3.63, 3.8) is 0 Å². The van der Waals surface area contributed by atoms with Gasteiger partial charge in [-0.05, 0) is 30.5 Å². The van der Waals surface area contributed by atoms with Crippen molar-refractivity contribution in [1.82, 2.24) is 10.5 Å². The van der Waals surface area contributed by atoms with E-state index in [-0.39, 0.29) is 5.91 Å². The molecule has 1 atom stereocenters. The predicted octanol–water partition coefficient (Wildman–Crippen LogP) is 4.07. The molecule has 1 N–H and O–H groups in total. The van der Waals surface area contributed by atoms with Gasteiger partial charge in [-0.2, -0.15) is 0 Å². The van der Waals surface area contributed by atoms with E-state index in [2.05, 4.69) is 10.4 Å². The summed E-state index contributed by atoms with van der Waals surface area (Å²) >= 11 is 13.5. The van der Waals surface area contributed by atoms with Crippen molar-refractivity contribution in [3.8, 4) is 0 Å². The molecule has 10 heteroatoms. The van der Waals surface area contributed by atoms with Crippen LogP contribution in [0.5, 0.6) is 0 Å². The standard InChI is InChI=1S/C20H23Cl2N3O4S/c21-14-5-4-13(11-15(14)22)12-16-18(19(26)24-29-17-3-1-2-8-28-17)30-20(23-16)25-6-9-27-10-7-25/h4-5,11,17H,1-3,6-10,12H2,(H,24,26). The van der Waals surface area contributed by atoms with Crippen LogP contribution in [0.2, 0.25) is 10.0 Å². The van der Waals surface area contributed by atoms with Gasteiger partial charge in [0.25, 0.3) is 5.91 Å². The van der Waals surface area contributed by atoms with E-state index in [1.165, 1.54) is 11.3 Å². The molecule has 2 saturated heterocycles. The number of hydrogen-bond donors (Lipinski definition) is 1. The number of anilines is 1. The van der Waals surface area contributed by atoms with Gasteiger partial charge in [-0.3, -0.25) is 4.79 Å². The zero-order chi connectivity index (χ0) is 20.9. The number of ether oxygens (including phenoxy) is 2. The second kappa shape index (κ2) is 10.3. The van der Waals surface area contributed by atoms with Crippen molar-refractivity contribution in [2.24, 2.45) is 0 Å². The topological polar surface area (TPSA) is 72.9 Å². The van der Waals surface area contributed by atoms with E-state index in [1.807, 2.05) is 6.07 Å². The minimum absolute atomic E-state index is 0.323. The van der Waals surface area contributed by atoms with Gasteiger partial charge in [0.1, 0.15) is 4.88 Å². The zero-order valence-electron chi connectivity index (χ0n) is 16.4. The van der Waals surface area contributed by atoms with E-state index >= 15 is 0 Å². The van der Waals surface area contributed by atoms with Crippen LogP contribution in [-0.2, 0) is 20.7 Å². The minimum atomic E-state index is -0.409. The highest BCUT2D eigenvalue weighted by molar-refractivity contribution is 7.17. The third-order valence-corrected chi connectivity index (χ3v) is 6.85. The number of aromatic nitrogens is 1. The Morgan fingerprint density at radius 3 is 2.80 bits per heavy atom. The Balaban J connectivity index is 1.53. The molecule has 2 fully saturated rings. The van der Waals surface area contributed by atoms with E-state index in [0.717, 1.165) is 43.0 Å². The summed E-state index contributed by atoms with van der Waals surface area (Å²) in [5.74, 6) is -0.323. The average Bonchev–Trinajstić information content (AvgIpc) is 3.20. The Morgan fingerprint density at radius 1 is 1.23 bits per heavy atom. The average molecular weight is 472 g/mol. The second-order valence-corrected chi connectivity index (χ2v) is 8.93. The molecule has 2 aliphatic rings. The first-order valence-corrected chi connectivity index (χ1v) is 11.5. The summed E-state index contributed by atoms with van der Waals surface area (Å²) < 4.78 is 10.9. The van der Waals surface area contributed by atoms with Gasteiger partial charge in [-0.1, -0.05) is 40.6 Å². The number of rotatable bonds is 6. The minimum Gasteiger partial charge on any atom is -0.378 e. The first-order chi connectivity index (χ1) is 14.6. The van der Waals surface area contributed by atoms with E-state index < -0.39 is 6.29 Å². The van der Waals surface area contributed by atoms with Crippen molar-refractivity contribution in [3.05, 3.63) is 44.4 Å². The van der Waals surface area contributed by atoms with Crippen LogP contribution in [0.15, 0.2) is 18.2 Å². The highest BCUT2D eigenvalue weighted by Crippen LogP contribution is 2.30. The quantitative estimate of drug-likeness (QED) is 0.640. The molecule has 162 valence electrons. The lowest BCUT2D eigenvalue weighted by Gasteiger charge is -2.26. The summed E-state index contributed by atoms with van der Waals surface area (Å²) in [5.41, 5.74) is 4.14. The maximum Gasteiger partial charge on any atom is 0.287 e. The molecule has 1 unspecified atom stereocenters. The Morgan fingerprint density at radius 2 is 2.07 bits per heavy atom. The number of nitrogens with zero attached hydrogens (tertiary/aromatic N) is 2. The predicted molar refractivity (Wildman–Crippen MR) is 117 cm³/mol. The van der Waals surface area contributed by atoms with Crippen LogP contribution >= 0.6 is 34.5 Å². The molecular formula is C20H23Cl2N3O4S. The Kier molecular flexibility index (Phi) is 7.45. The number of halogens is 2. The Hall–Kier alpha value is -1.42. The smallest absolute Gasteiger partial charge is 0.287 e. The largest absolute Gasteiger partial charge is 0.378 e. The first-order valence-electron chi connectivity index (χ1n) is 9.94. The van der Waals surface area contributed by atoms with Gasteiger partial charge >= 0.3 is 0 Å². The molecule has 0 radical (unpaired) electrons. The molecule has 2 aromatic rings. The van der Waals surface area contributed by atoms with Crippen molar-refractivity contribution >= 4 is 45.6 Å². The van der Waals surface area contributed by atoms with Crippen LogP contribution in [0.3, 0.4) is 0 Å². The van der Waals surface area contributed by atoms with E-state index in [1.54, 1.807) is 12.1 Å². The molecule has 4 rings (SSSR count). The fraction of sp³-hybridized carbons (Fsp3) is 0.500. The van der Waals surface area contributed by atoms with Crippen LogP contribution in [0, 0.1) is 0 Å². The monoisotopic (exact) mass is 471 g/mol. The molecule has 1 aromatic heterocycles. The van der Waals surface area contributed by atoms with E-state index in [4.69, 9.17) is 42.5 Å². The summed E-state index contributed by atoms with van der Waals surface area (Å²) in [5, 5.41) is 1.76. The number of morpholine rings is 1. The lowest BCUT2D eigenvalue weighted by molar-refractivity contribution is -0.186. The van der Waals surface area contributed by atoms with Gasteiger partial charge in [0.05, 0.1) is 29.0 Å². The van der Waals surface area contributed by atoms with Gasteiger partial charge < -0.3 is 14.4 Å². The maximum absolute atomic E-state index is 12.9. The summed E-state index contributed by atoms with van der Waals surface area (Å²) in [4.78, 5) is 25.8. The molecule has 30 heavy (non-hydrogen) atoms. The van der Waals surface area contributed by atoms with Crippen molar-refractivity contribution in [2.75, 3.05) is 37.8 Å². The number of benzene rings is 1. The number of hydrogen-bond acceptors (Lipinski definition) is 7. The fourth-order valence-electron chi connectivity index (χ4n) is 3.34. The number of carbonyl (C=O) groups is 1. The Bertz CT molecular complexity index is 883. The lowest BCUT2D eigenvalue weighted by atomic mass is 10.1. The van der Waals surface area contributed by atoms with Crippen molar-refractivity contribution < 1.29 is 19.1 Å². The van der Waals surface area contributed by atoms with Gasteiger partial charge in [-0.25, -0.2) is 15.3 Å². The second-order valence-electron chi connectivity index (χ2n) is 7.14. The molecule has 1 amide bonds. The van der Waals surface area contributed by atoms with Crippen molar-refractivity contribution in [2.45, 2.75) is 32.0 Å². The van der Waals surface area contributed by atoms with E-state index in [0.29, 0.717) is 46.9 Å². The number of amides is 1. The molecule has 0 aliphatic carbocycles.